The van der Waals surface area contributed by atoms with E-state index in [1.807, 2.05) is 0 Å². The number of para-hydroxylation sites is 1. The molecule has 0 heterocycles. The summed E-state index contributed by atoms with van der Waals surface area (Å²) in [6.07, 6.45) is 0. The normalized spacial score (nSPS) is 11.7. The Kier molecular flexibility index (Phi) is 5.79. The highest BCUT2D eigenvalue weighted by molar-refractivity contribution is 6.34. The van der Waals surface area contributed by atoms with Crippen molar-refractivity contribution in [3.05, 3.63) is 23.2 Å². The third-order valence-corrected chi connectivity index (χ3v) is 2.82. The van der Waals surface area contributed by atoms with Gasteiger partial charge in [0.1, 0.15) is 0 Å². The summed E-state index contributed by atoms with van der Waals surface area (Å²) in [5.41, 5.74) is 6.64. The summed E-state index contributed by atoms with van der Waals surface area (Å²) in [5.74, 6) is -1.41. The van der Waals surface area contributed by atoms with Gasteiger partial charge < -0.3 is 20.7 Å². The molecule has 6 nitrogen and oxygen atoms in total. The van der Waals surface area contributed by atoms with E-state index in [2.05, 4.69) is 5.32 Å². The van der Waals surface area contributed by atoms with Crippen LogP contribution in [0.5, 0.6) is 0 Å². The van der Waals surface area contributed by atoms with Gasteiger partial charge in [-0.05, 0) is 19.1 Å². The molecule has 7 heteroatoms. The number of nitrogens with one attached hydrogen (secondary N) is 1. The summed E-state index contributed by atoms with van der Waals surface area (Å²) < 4.78 is 4.70. The number of hydrogen-bond acceptors (Lipinski definition) is 5. The van der Waals surface area contributed by atoms with Crippen molar-refractivity contribution < 1.29 is 14.3 Å². The first-order chi connectivity index (χ1) is 9.38. The molecule has 0 saturated carbocycles. The predicted molar refractivity (Wildman–Crippen MR) is 79.0 cm³/mol. The van der Waals surface area contributed by atoms with Crippen molar-refractivity contribution >= 4 is 34.9 Å². The van der Waals surface area contributed by atoms with E-state index >= 15 is 0 Å². The fourth-order valence-corrected chi connectivity index (χ4v) is 1.96. The zero-order valence-electron chi connectivity index (χ0n) is 11.6. The number of esters is 1. The summed E-state index contributed by atoms with van der Waals surface area (Å²) in [6, 6.07) is 3.71. The first-order valence-electron chi connectivity index (χ1n) is 6.07. The minimum Gasteiger partial charge on any atom is -0.464 e. The van der Waals surface area contributed by atoms with E-state index in [4.69, 9.17) is 22.1 Å². The molecule has 0 fully saturated rings. The lowest BCUT2D eigenvalue weighted by Crippen LogP contribution is -2.43. The molecular weight excluding hydrogens is 282 g/mol. The van der Waals surface area contributed by atoms with Gasteiger partial charge in [-0.2, -0.15) is 0 Å². The van der Waals surface area contributed by atoms with Crippen molar-refractivity contribution in [2.24, 2.45) is 5.73 Å². The third-order valence-electron chi connectivity index (χ3n) is 2.51. The molecule has 0 bridgehead atoms. The molecule has 1 atom stereocenters. The van der Waals surface area contributed by atoms with Crippen LogP contribution in [0.4, 0.5) is 11.4 Å². The molecule has 0 spiro atoms. The molecule has 110 valence electrons. The lowest BCUT2D eigenvalue weighted by atomic mass is 10.2. The first kappa shape index (κ1) is 16.3. The maximum absolute atomic E-state index is 11.9. The number of hydrogen-bond donors (Lipinski definition) is 2. The van der Waals surface area contributed by atoms with E-state index in [-0.39, 0.29) is 6.61 Å². The number of ether oxygens (including phenoxy) is 1. The Morgan fingerprint density at radius 2 is 2.10 bits per heavy atom. The second-order valence-corrected chi connectivity index (χ2v) is 4.66. The molecule has 3 N–H and O–H groups in total. The van der Waals surface area contributed by atoms with Crippen LogP contribution >= 0.6 is 11.6 Å². The number of halogens is 1. The first-order valence-corrected chi connectivity index (χ1v) is 6.45. The van der Waals surface area contributed by atoms with E-state index in [1.165, 1.54) is 0 Å². The summed E-state index contributed by atoms with van der Waals surface area (Å²) >= 11 is 6.08. The van der Waals surface area contributed by atoms with Crippen LogP contribution in [0.15, 0.2) is 18.2 Å². The maximum atomic E-state index is 11.9. The second kappa shape index (κ2) is 7.12. The van der Waals surface area contributed by atoms with Crippen molar-refractivity contribution in [2.75, 3.05) is 30.9 Å². The molecule has 0 aliphatic rings. The second-order valence-electron chi connectivity index (χ2n) is 4.25. The Labute approximate surface area is 122 Å². The Morgan fingerprint density at radius 3 is 2.65 bits per heavy atom. The molecule has 0 radical (unpaired) electrons. The molecule has 1 amide bonds. The number of anilines is 2. The molecule has 0 saturated heterocycles. The van der Waals surface area contributed by atoms with Crippen LogP contribution in [0.3, 0.4) is 0 Å². The van der Waals surface area contributed by atoms with Gasteiger partial charge >= 0.3 is 5.97 Å². The highest BCUT2D eigenvalue weighted by atomic mass is 35.5. The number of rotatable bonds is 5. The maximum Gasteiger partial charge on any atom is 0.332 e. The minimum absolute atomic E-state index is 0.167. The van der Waals surface area contributed by atoms with Gasteiger partial charge in [-0.1, -0.05) is 17.7 Å². The van der Waals surface area contributed by atoms with Gasteiger partial charge in [-0.15, -0.1) is 0 Å². The van der Waals surface area contributed by atoms with Crippen molar-refractivity contribution in [1.82, 2.24) is 0 Å². The Hall–Kier alpha value is -1.79. The van der Waals surface area contributed by atoms with Crippen molar-refractivity contribution in [1.29, 1.82) is 0 Å². The molecule has 1 unspecified atom stereocenters. The Morgan fingerprint density at radius 1 is 1.45 bits per heavy atom. The number of carbonyl (C=O) groups excluding carboxylic acids is 2. The smallest absolute Gasteiger partial charge is 0.332 e. The van der Waals surface area contributed by atoms with Gasteiger partial charge in [0.05, 0.1) is 23.0 Å². The van der Waals surface area contributed by atoms with Crippen LogP contribution < -0.4 is 16.0 Å². The SMILES string of the molecule is CCOC(=O)C(N)C(=O)Nc1cccc(Cl)c1N(C)C. The van der Waals surface area contributed by atoms with Gasteiger partial charge in [-0.3, -0.25) is 4.79 Å². The van der Waals surface area contributed by atoms with Crippen LogP contribution in [0.1, 0.15) is 6.92 Å². The van der Waals surface area contributed by atoms with Crippen molar-refractivity contribution in [2.45, 2.75) is 13.0 Å². The predicted octanol–water partition coefficient (Wildman–Crippen LogP) is 1.23. The lowest BCUT2D eigenvalue weighted by molar-refractivity contribution is -0.146. The van der Waals surface area contributed by atoms with Crippen LogP contribution in [-0.2, 0) is 14.3 Å². The largest absolute Gasteiger partial charge is 0.464 e. The van der Waals surface area contributed by atoms with Gasteiger partial charge in [0, 0.05) is 14.1 Å². The zero-order valence-corrected chi connectivity index (χ0v) is 12.4. The molecular formula is C13H18ClN3O3. The van der Waals surface area contributed by atoms with Crippen LogP contribution in [-0.4, -0.2) is 38.6 Å². The summed E-state index contributed by atoms with van der Waals surface area (Å²) in [4.78, 5) is 25.1. The zero-order chi connectivity index (χ0) is 15.3. The quantitative estimate of drug-likeness (QED) is 0.631. The molecule has 1 rings (SSSR count). The van der Waals surface area contributed by atoms with Gasteiger partial charge in [0.2, 0.25) is 0 Å². The molecule has 0 aliphatic carbocycles. The molecule has 1 aromatic rings. The Balaban J connectivity index is 2.91. The number of amides is 1. The fraction of sp³-hybridized carbons (Fsp3) is 0.385. The lowest BCUT2D eigenvalue weighted by Gasteiger charge is -2.20. The number of carbonyl (C=O) groups is 2. The summed E-state index contributed by atoms with van der Waals surface area (Å²) in [7, 11) is 3.59. The average molecular weight is 300 g/mol. The van der Waals surface area contributed by atoms with Gasteiger partial charge in [-0.25, -0.2) is 4.79 Å². The molecule has 20 heavy (non-hydrogen) atoms. The van der Waals surface area contributed by atoms with Gasteiger partial charge in [0.25, 0.3) is 5.91 Å². The van der Waals surface area contributed by atoms with Crippen molar-refractivity contribution in [3.63, 3.8) is 0 Å². The monoisotopic (exact) mass is 299 g/mol. The average Bonchev–Trinajstić information content (AvgIpc) is 2.37. The third kappa shape index (κ3) is 3.85. The fourth-order valence-electron chi connectivity index (χ4n) is 1.62. The molecule has 0 aromatic heterocycles. The number of benzene rings is 1. The van der Waals surface area contributed by atoms with Crippen LogP contribution in [0.2, 0.25) is 5.02 Å². The molecule has 0 aliphatic heterocycles. The summed E-state index contributed by atoms with van der Waals surface area (Å²) in [5, 5.41) is 3.06. The highest BCUT2D eigenvalue weighted by Crippen LogP contribution is 2.32. The van der Waals surface area contributed by atoms with E-state index in [0.717, 1.165) is 0 Å². The van der Waals surface area contributed by atoms with E-state index in [1.54, 1.807) is 44.1 Å². The van der Waals surface area contributed by atoms with E-state index < -0.39 is 17.9 Å². The van der Waals surface area contributed by atoms with Crippen LogP contribution in [0.25, 0.3) is 0 Å². The number of nitrogens with two attached hydrogens (primary N) is 1. The van der Waals surface area contributed by atoms with E-state index in [0.29, 0.717) is 16.4 Å². The highest BCUT2D eigenvalue weighted by Gasteiger charge is 2.24. The standard InChI is InChI=1S/C13H18ClN3O3/c1-4-20-13(19)10(15)12(18)16-9-7-5-6-8(14)11(9)17(2)3/h5-7,10H,4,15H2,1-3H3,(H,16,18). The van der Waals surface area contributed by atoms with E-state index in [9.17, 15) is 9.59 Å². The Bertz CT molecular complexity index is 506. The topological polar surface area (TPSA) is 84.7 Å². The minimum atomic E-state index is -1.37. The molecule has 1 aromatic carbocycles. The van der Waals surface area contributed by atoms with Crippen LogP contribution in [0, 0.1) is 0 Å². The summed E-state index contributed by atoms with van der Waals surface area (Å²) in [6.45, 7) is 1.81. The number of nitrogens with zero attached hydrogens (tertiary/aromatic N) is 1. The van der Waals surface area contributed by atoms with Crippen molar-refractivity contribution in [3.8, 4) is 0 Å². The van der Waals surface area contributed by atoms with Gasteiger partial charge in [0.15, 0.2) is 6.04 Å².